The third kappa shape index (κ3) is 47.4. The number of aliphatic hydroxyl groups excluding tert-OH is 9. The molecule has 658 valence electrons. The summed E-state index contributed by atoms with van der Waals surface area (Å²) in [7, 11) is -9.09. The Morgan fingerprint density at radius 2 is 0.777 bits per heavy atom. The molecule has 3 rings (SSSR count). The Morgan fingerprint density at radius 1 is 0.393 bits per heavy atom. The molecule has 3 aliphatic heterocycles. The predicted molar refractivity (Wildman–Crippen MR) is 424 cm³/mol. The van der Waals surface area contributed by atoms with E-state index in [0.717, 1.165) is 96.3 Å². The van der Waals surface area contributed by atoms with Gasteiger partial charge >= 0.3 is 33.3 Å². The lowest BCUT2D eigenvalue weighted by Crippen LogP contribution is -2.66. The highest BCUT2D eigenvalue weighted by molar-refractivity contribution is 7.52. The SMILES string of the molecule is CCCCCC/C=C\C/C=C\CCCCCCC(=O)OC[C@H](CO[C@@H]1OC(COC(=O)CCCCCCCCCCCCCCCC)[C@@H](O)C(O)[C@@H]1O[C@@H]1OC(O[C@H]2OC(COP(=O)(O)CC[C@@H](C)COP(=O)(O)OC[C@@H](C)CO)[C@H](O)C(O)[C@H]2O)[C@H](O)C(O)[C@H]1O)OC(=O)CCCCCCCCCCCCCCCCC. The topological polar surface area (TPSA) is 419 Å². The molecule has 0 bridgehead atoms. The summed E-state index contributed by atoms with van der Waals surface area (Å²) in [5.41, 5.74) is 0. The van der Waals surface area contributed by atoms with Crippen LogP contribution in [-0.4, -0.2) is 224 Å². The Hall–Kier alpha value is -2.45. The smallest absolute Gasteiger partial charge is 0.463 e. The first-order valence-corrected chi connectivity index (χ1v) is 46.5. The van der Waals surface area contributed by atoms with E-state index in [2.05, 4.69) is 45.1 Å². The molecule has 0 aromatic heterocycles. The van der Waals surface area contributed by atoms with Crippen molar-refractivity contribution in [3.05, 3.63) is 24.3 Å². The first-order valence-electron chi connectivity index (χ1n) is 43.2. The minimum atomic E-state index is -4.56. The molecule has 3 saturated heterocycles. The van der Waals surface area contributed by atoms with E-state index in [1.54, 1.807) is 13.8 Å². The van der Waals surface area contributed by atoms with E-state index >= 15 is 0 Å². The molecule has 0 aromatic carbocycles. The number of phosphoric acid groups is 1. The lowest BCUT2D eigenvalue weighted by Gasteiger charge is -2.47. The van der Waals surface area contributed by atoms with Gasteiger partial charge in [0.2, 0.25) is 0 Å². The van der Waals surface area contributed by atoms with Gasteiger partial charge in [0.05, 0.1) is 32.6 Å². The molecule has 28 nitrogen and oxygen atoms in total. The van der Waals surface area contributed by atoms with Gasteiger partial charge < -0.3 is 103 Å². The summed E-state index contributed by atoms with van der Waals surface area (Å²) >= 11 is 0. The first kappa shape index (κ1) is 104. The summed E-state index contributed by atoms with van der Waals surface area (Å²) in [4.78, 5) is 61.0. The van der Waals surface area contributed by atoms with E-state index in [1.165, 1.54) is 141 Å². The largest absolute Gasteiger partial charge is 0.472 e. The zero-order valence-corrected chi connectivity index (χ0v) is 70.5. The number of allylic oxidation sites excluding steroid dienone is 4. The van der Waals surface area contributed by atoms with Crippen LogP contribution >= 0.6 is 15.4 Å². The number of hydrogen-bond donors (Lipinski definition) is 11. The third-order valence-electron chi connectivity index (χ3n) is 20.7. The molecular formula is C82H152O28P2. The molecule has 0 saturated carbocycles. The van der Waals surface area contributed by atoms with Crippen LogP contribution in [0.25, 0.3) is 0 Å². The van der Waals surface area contributed by atoms with E-state index < -0.39 is 176 Å². The van der Waals surface area contributed by atoms with Gasteiger partial charge in [-0.3, -0.25) is 28.0 Å². The van der Waals surface area contributed by atoms with Crippen molar-refractivity contribution < 1.29 is 135 Å². The second kappa shape index (κ2) is 63.6. The van der Waals surface area contributed by atoms with E-state index in [9.17, 15) is 79.3 Å². The summed E-state index contributed by atoms with van der Waals surface area (Å²) in [6, 6.07) is 0. The molecule has 0 amide bonds. The third-order valence-corrected chi connectivity index (χ3v) is 23.1. The van der Waals surface area contributed by atoms with Gasteiger partial charge in [-0.05, 0) is 63.7 Å². The Morgan fingerprint density at radius 3 is 1.26 bits per heavy atom. The molecule has 0 spiro atoms. The van der Waals surface area contributed by atoms with Gasteiger partial charge in [0.1, 0.15) is 80.4 Å². The number of phosphoric ester groups is 1. The standard InChI is InChI=1S/C82H152O28P2/c1-6-9-12-15-18-21-24-27-30-33-36-38-41-44-47-50-67(84)99-58-64(105-69(86)52-49-46-43-40-37-34-31-28-25-22-19-16-13-10-7-2)59-101-82-78(74(91)71(88)65(107-82)60-100-68(85)51-48-45-42-39-35-32-29-26-23-20-17-14-11-8-3)108-80-76(93)73(90)77(94)81(110-80)109-79-75(92)72(89)70(87)66(106-79)61-102-111(95,96)54-53-62(4)56-103-112(97,98)104-57-63(5)55-83/h21,24,30,33,62-66,70-83,87-94H,6-20,22-23,25-29,31-32,34-61H2,1-5H3,(H,95,96)(H,97,98)/b24-21-,33-30-/t62-,63+,64-,65?,66?,70+,71-,72?,73?,74?,75-,76-,77-,78+,79-,80-,81?,82-/m1/s1. The van der Waals surface area contributed by atoms with E-state index in [0.29, 0.717) is 19.3 Å². The average molecular weight is 1650 g/mol. The van der Waals surface area contributed by atoms with Crippen molar-refractivity contribution in [2.45, 2.75) is 416 Å². The van der Waals surface area contributed by atoms with Gasteiger partial charge in [-0.25, -0.2) is 4.57 Å². The molecule has 8 unspecified atom stereocenters. The molecule has 0 radical (unpaired) electrons. The molecule has 0 aromatic rings. The molecule has 20 atom stereocenters. The monoisotopic (exact) mass is 1650 g/mol. The summed E-state index contributed by atoms with van der Waals surface area (Å²) in [6.07, 6.45) is 20.6. The normalized spacial score (nSPS) is 26.3. The highest BCUT2D eigenvalue weighted by atomic mass is 31.2. The van der Waals surface area contributed by atoms with Gasteiger partial charge in [-0.15, -0.1) is 0 Å². The molecule has 3 heterocycles. The van der Waals surface area contributed by atoms with Crippen LogP contribution in [0.4, 0.5) is 0 Å². The summed E-state index contributed by atoms with van der Waals surface area (Å²) < 4.78 is 93.7. The molecule has 30 heteroatoms. The van der Waals surface area contributed by atoms with Crippen LogP contribution in [0, 0.1) is 11.8 Å². The average Bonchev–Trinajstić information content (AvgIpc) is 0.781. The van der Waals surface area contributed by atoms with Gasteiger partial charge in [-0.2, -0.15) is 0 Å². The maximum Gasteiger partial charge on any atom is 0.472 e. The van der Waals surface area contributed by atoms with Crippen molar-refractivity contribution in [2.24, 2.45) is 11.8 Å². The highest BCUT2D eigenvalue weighted by Gasteiger charge is 2.54. The van der Waals surface area contributed by atoms with Crippen LogP contribution in [0.2, 0.25) is 0 Å². The summed E-state index contributed by atoms with van der Waals surface area (Å²) in [6.45, 7) is 6.29. The van der Waals surface area contributed by atoms with Crippen molar-refractivity contribution in [2.75, 3.05) is 52.4 Å². The maximum atomic E-state index is 13.7. The minimum absolute atomic E-state index is 0.0365. The molecular weight excluding hydrogens is 1490 g/mol. The van der Waals surface area contributed by atoms with Crippen molar-refractivity contribution in [1.82, 2.24) is 0 Å². The molecule has 3 fully saturated rings. The fraction of sp³-hybridized carbons (Fsp3) is 0.915. The maximum absolute atomic E-state index is 13.7. The number of rotatable bonds is 70. The van der Waals surface area contributed by atoms with Crippen molar-refractivity contribution >= 4 is 33.3 Å². The summed E-state index contributed by atoms with van der Waals surface area (Å²) in [5, 5.41) is 100.0. The minimum Gasteiger partial charge on any atom is -0.463 e. The number of hydrogen-bond acceptors (Lipinski definition) is 26. The summed E-state index contributed by atoms with van der Waals surface area (Å²) in [5.74, 6) is -2.80. The Labute approximate surface area is 669 Å². The number of carbonyl (C=O) groups is 3. The van der Waals surface area contributed by atoms with Crippen LogP contribution in [-0.2, 0) is 79.7 Å². The molecule has 3 aliphatic rings. The van der Waals surface area contributed by atoms with Gasteiger partial charge in [0.15, 0.2) is 31.3 Å². The zero-order chi connectivity index (χ0) is 82.2. The predicted octanol–water partition coefficient (Wildman–Crippen LogP) is 13.4. The van der Waals surface area contributed by atoms with Crippen molar-refractivity contribution in [3.63, 3.8) is 0 Å². The van der Waals surface area contributed by atoms with Crippen molar-refractivity contribution in [1.29, 1.82) is 0 Å². The van der Waals surface area contributed by atoms with Crippen LogP contribution in [0.5, 0.6) is 0 Å². The van der Waals surface area contributed by atoms with Crippen LogP contribution in [0.1, 0.15) is 317 Å². The van der Waals surface area contributed by atoms with E-state index in [4.69, 9.17) is 56.2 Å². The number of ether oxygens (including phenoxy) is 9. The van der Waals surface area contributed by atoms with Crippen LogP contribution in [0.15, 0.2) is 24.3 Å². The van der Waals surface area contributed by atoms with Crippen molar-refractivity contribution in [3.8, 4) is 0 Å². The fourth-order valence-electron chi connectivity index (χ4n) is 13.3. The van der Waals surface area contributed by atoms with Gasteiger partial charge in [-0.1, -0.05) is 264 Å². The van der Waals surface area contributed by atoms with Gasteiger partial charge in [0, 0.05) is 31.8 Å². The number of carbonyl (C=O) groups excluding carboxylic acids is 3. The zero-order valence-electron chi connectivity index (χ0n) is 68.7. The molecule has 0 aliphatic carbocycles. The van der Waals surface area contributed by atoms with E-state index in [1.807, 2.05) is 0 Å². The number of aliphatic hydroxyl groups is 9. The first-order chi connectivity index (χ1) is 53.9. The van der Waals surface area contributed by atoms with Gasteiger partial charge in [0.25, 0.3) is 0 Å². The lowest BCUT2D eigenvalue weighted by molar-refractivity contribution is -0.416. The molecule has 11 N–H and O–H groups in total. The van der Waals surface area contributed by atoms with Crippen LogP contribution < -0.4 is 0 Å². The number of unbranched alkanes of at least 4 members (excludes halogenated alkanes) is 35. The number of esters is 3. The molecule has 112 heavy (non-hydrogen) atoms. The second-order valence-corrected chi connectivity index (χ2v) is 34.8. The fourth-order valence-corrected chi connectivity index (χ4v) is 15.6. The Balaban J connectivity index is 1.78. The van der Waals surface area contributed by atoms with E-state index in [-0.39, 0.29) is 45.5 Å². The quantitative estimate of drug-likeness (QED) is 0.00885. The highest BCUT2D eigenvalue weighted by Crippen LogP contribution is 2.47. The second-order valence-electron chi connectivity index (χ2n) is 31.4. The lowest BCUT2D eigenvalue weighted by atomic mass is 9.98. The van der Waals surface area contributed by atoms with Crippen LogP contribution in [0.3, 0.4) is 0 Å². The Kier molecular flexibility index (Phi) is 58.9. The Bertz CT molecular complexity index is 2520.